The quantitative estimate of drug-likeness (QED) is 0.664. The van der Waals surface area contributed by atoms with Crippen molar-refractivity contribution in [2.24, 2.45) is 0 Å². The van der Waals surface area contributed by atoms with E-state index in [9.17, 15) is 0 Å². The molecule has 14 heavy (non-hydrogen) atoms. The van der Waals surface area contributed by atoms with Crippen LogP contribution in [-0.4, -0.2) is 13.1 Å². The van der Waals surface area contributed by atoms with E-state index in [0.717, 1.165) is 18.8 Å². The zero-order valence-electron chi connectivity index (χ0n) is 8.72. The van der Waals surface area contributed by atoms with Gasteiger partial charge in [0.1, 0.15) is 0 Å². The van der Waals surface area contributed by atoms with Gasteiger partial charge in [-0.1, -0.05) is 19.1 Å². The van der Waals surface area contributed by atoms with Crippen molar-refractivity contribution in [2.75, 3.05) is 18.8 Å². The molecule has 0 radical (unpaired) electrons. The molecule has 0 amide bonds. The van der Waals surface area contributed by atoms with E-state index >= 15 is 0 Å². The Morgan fingerprint density at radius 3 is 2.93 bits per heavy atom. The number of nitrogen functional groups attached to an aromatic ring is 1. The second-order valence-electron chi connectivity index (χ2n) is 4.47. The number of anilines is 1. The molecule has 1 aromatic carbocycles. The zero-order valence-corrected chi connectivity index (χ0v) is 8.72. The molecule has 1 aliphatic heterocycles. The lowest BCUT2D eigenvalue weighted by Crippen LogP contribution is -2.41. The largest absolute Gasteiger partial charge is 0.399 e. The highest BCUT2D eigenvalue weighted by molar-refractivity contribution is 5.43. The van der Waals surface area contributed by atoms with Gasteiger partial charge in [-0.25, -0.2) is 0 Å². The Labute approximate surface area is 85.5 Å². The van der Waals surface area contributed by atoms with Gasteiger partial charge in [0.05, 0.1) is 0 Å². The van der Waals surface area contributed by atoms with Gasteiger partial charge in [0.2, 0.25) is 0 Å². The number of piperidine rings is 1. The lowest BCUT2D eigenvalue weighted by atomic mass is 9.76. The minimum Gasteiger partial charge on any atom is -0.399 e. The highest BCUT2D eigenvalue weighted by Gasteiger charge is 2.28. The van der Waals surface area contributed by atoms with Crippen LogP contribution in [0.4, 0.5) is 5.69 Å². The monoisotopic (exact) mass is 190 g/mol. The summed E-state index contributed by atoms with van der Waals surface area (Å²) in [5, 5.41) is 3.45. The van der Waals surface area contributed by atoms with Gasteiger partial charge in [-0.2, -0.15) is 0 Å². The predicted molar refractivity (Wildman–Crippen MR) is 60.3 cm³/mol. The normalized spacial score (nSPS) is 27.5. The summed E-state index contributed by atoms with van der Waals surface area (Å²) in [6.07, 6.45) is 2.51. The summed E-state index contributed by atoms with van der Waals surface area (Å²) in [4.78, 5) is 0. The number of benzene rings is 1. The van der Waals surface area contributed by atoms with E-state index in [1.807, 2.05) is 12.1 Å². The van der Waals surface area contributed by atoms with Crippen LogP contribution >= 0.6 is 0 Å². The van der Waals surface area contributed by atoms with E-state index < -0.39 is 0 Å². The van der Waals surface area contributed by atoms with Gasteiger partial charge in [-0.15, -0.1) is 0 Å². The summed E-state index contributed by atoms with van der Waals surface area (Å²) in [7, 11) is 0. The first kappa shape index (κ1) is 9.53. The highest BCUT2D eigenvalue weighted by atomic mass is 14.9. The Morgan fingerprint density at radius 1 is 1.43 bits per heavy atom. The Hall–Kier alpha value is -1.02. The average molecular weight is 190 g/mol. The van der Waals surface area contributed by atoms with Crippen molar-refractivity contribution in [1.29, 1.82) is 0 Å². The van der Waals surface area contributed by atoms with E-state index in [2.05, 4.69) is 24.4 Å². The van der Waals surface area contributed by atoms with Crippen LogP contribution in [0.1, 0.15) is 25.3 Å². The van der Waals surface area contributed by atoms with Gasteiger partial charge in [-0.05, 0) is 37.1 Å². The molecular formula is C12H18N2. The third-order valence-electron chi connectivity index (χ3n) is 3.18. The maximum absolute atomic E-state index is 5.80. The van der Waals surface area contributed by atoms with Gasteiger partial charge >= 0.3 is 0 Å². The second kappa shape index (κ2) is 3.62. The lowest BCUT2D eigenvalue weighted by Gasteiger charge is -2.34. The summed E-state index contributed by atoms with van der Waals surface area (Å²) < 4.78 is 0. The molecule has 0 aliphatic carbocycles. The minimum atomic E-state index is 0.271. The van der Waals surface area contributed by atoms with Crippen LogP contribution in [0.2, 0.25) is 0 Å². The molecule has 2 rings (SSSR count). The van der Waals surface area contributed by atoms with Gasteiger partial charge in [0, 0.05) is 17.6 Å². The third-order valence-corrected chi connectivity index (χ3v) is 3.18. The third kappa shape index (κ3) is 1.75. The molecule has 0 saturated carbocycles. The van der Waals surface area contributed by atoms with Crippen molar-refractivity contribution in [2.45, 2.75) is 25.2 Å². The van der Waals surface area contributed by atoms with Crippen LogP contribution in [0.25, 0.3) is 0 Å². The summed E-state index contributed by atoms with van der Waals surface area (Å²) in [5.74, 6) is 0. The topological polar surface area (TPSA) is 38.0 Å². The molecular weight excluding hydrogens is 172 g/mol. The summed E-state index contributed by atoms with van der Waals surface area (Å²) in [6, 6.07) is 8.28. The number of nitrogens with two attached hydrogens (primary N) is 1. The summed E-state index contributed by atoms with van der Waals surface area (Å²) in [6.45, 7) is 4.53. The van der Waals surface area contributed by atoms with Gasteiger partial charge in [0.15, 0.2) is 0 Å². The molecule has 1 heterocycles. The first-order valence-electron chi connectivity index (χ1n) is 5.27. The zero-order chi connectivity index (χ0) is 10.0. The fourth-order valence-electron chi connectivity index (χ4n) is 2.22. The molecule has 1 fully saturated rings. The van der Waals surface area contributed by atoms with Gasteiger partial charge < -0.3 is 11.1 Å². The molecule has 2 nitrogen and oxygen atoms in total. The van der Waals surface area contributed by atoms with Crippen molar-refractivity contribution in [3.63, 3.8) is 0 Å². The maximum Gasteiger partial charge on any atom is 0.0316 e. The van der Waals surface area contributed by atoms with Crippen LogP contribution in [-0.2, 0) is 5.41 Å². The van der Waals surface area contributed by atoms with Crippen molar-refractivity contribution >= 4 is 5.69 Å². The van der Waals surface area contributed by atoms with E-state index in [4.69, 9.17) is 5.73 Å². The summed E-state index contributed by atoms with van der Waals surface area (Å²) in [5.41, 5.74) is 8.31. The molecule has 0 bridgehead atoms. The van der Waals surface area contributed by atoms with E-state index in [1.54, 1.807) is 0 Å². The fraction of sp³-hybridized carbons (Fsp3) is 0.500. The van der Waals surface area contributed by atoms with Crippen molar-refractivity contribution in [1.82, 2.24) is 5.32 Å². The van der Waals surface area contributed by atoms with Crippen LogP contribution in [0.5, 0.6) is 0 Å². The summed E-state index contributed by atoms with van der Waals surface area (Å²) >= 11 is 0. The number of nitrogens with one attached hydrogen (secondary N) is 1. The maximum atomic E-state index is 5.80. The van der Waals surface area contributed by atoms with E-state index in [-0.39, 0.29) is 5.41 Å². The first-order valence-corrected chi connectivity index (χ1v) is 5.27. The number of hydrogen-bond acceptors (Lipinski definition) is 2. The van der Waals surface area contributed by atoms with Crippen LogP contribution in [0.3, 0.4) is 0 Å². The smallest absolute Gasteiger partial charge is 0.0316 e. The van der Waals surface area contributed by atoms with E-state index in [1.165, 1.54) is 18.4 Å². The highest BCUT2D eigenvalue weighted by Crippen LogP contribution is 2.31. The number of rotatable bonds is 1. The standard InChI is InChI=1S/C12H18N2/c1-12(6-3-7-14-9-12)10-4-2-5-11(13)8-10/h2,4-5,8,14H,3,6-7,9,13H2,1H3. The lowest BCUT2D eigenvalue weighted by molar-refractivity contribution is 0.340. The molecule has 76 valence electrons. The molecule has 2 heteroatoms. The average Bonchev–Trinajstić information content (AvgIpc) is 2.19. The molecule has 1 aliphatic rings. The first-order chi connectivity index (χ1) is 6.71. The van der Waals surface area contributed by atoms with Gasteiger partial charge in [-0.3, -0.25) is 0 Å². The molecule has 1 unspecified atom stereocenters. The van der Waals surface area contributed by atoms with Crippen molar-refractivity contribution in [3.8, 4) is 0 Å². The Kier molecular flexibility index (Phi) is 2.46. The SMILES string of the molecule is CC1(c2cccc(N)c2)CCCNC1. The molecule has 1 aromatic rings. The van der Waals surface area contributed by atoms with Crippen LogP contribution in [0, 0.1) is 0 Å². The Bertz CT molecular complexity index is 314. The van der Waals surface area contributed by atoms with Gasteiger partial charge in [0.25, 0.3) is 0 Å². The Balaban J connectivity index is 2.28. The van der Waals surface area contributed by atoms with Crippen molar-refractivity contribution < 1.29 is 0 Å². The Morgan fingerprint density at radius 2 is 2.29 bits per heavy atom. The molecule has 0 aromatic heterocycles. The molecule has 0 spiro atoms. The fourth-order valence-corrected chi connectivity index (χ4v) is 2.22. The molecule has 1 saturated heterocycles. The molecule has 3 N–H and O–H groups in total. The number of hydrogen-bond donors (Lipinski definition) is 2. The molecule has 1 atom stereocenters. The minimum absolute atomic E-state index is 0.271. The predicted octanol–water partition coefficient (Wildman–Crippen LogP) is 1.91. The van der Waals surface area contributed by atoms with Crippen LogP contribution < -0.4 is 11.1 Å². The second-order valence-corrected chi connectivity index (χ2v) is 4.47. The van der Waals surface area contributed by atoms with E-state index in [0.29, 0.717) is 0 Å². The van der Waals surface area contributed by atoms with Crippen molar-refractivity contribution in [3.05, 3.63) is 29.8 Å². The van der Waals surface area contributed by atoms with Crippen LogP contribution in [0.15, 0.2) is 24.3 Å².